The molecule has 1 fully saturated rings. The third kappa shape index (κ3) is 3.77. The van der Waals surface area contributed by atoms with Gasteiger partial charge in [-0.25, -0.2) is 9.50 Å². The number of aryl methyl sites for hydroxylation is 1. The summed E-state index contributed by atoms with van der Waals surface area (Å²) in [6.45, 7) is 8.24. The lowest BCUT2D eigenvalue weighted by atomic mass is 10.2. The second kappa shape index (κ2) is 7.28. The average molecular weight is 360 g/mol. The fourth-order valence-electron chi connectivity index (χ4n) is 3.10. The molecule has 0 aliphatic carbocycles. The van der Waals surface area contributed by atoms with Gasteiger partial charge in [-0.3, -0.25) is 24.4 Å². The lowest BCUT2D eigenvalue weighted by molar-refractivity contribution is -0.123. The van der Waals surface area contributed by atoms with E-state index in [0.717, 1.165) is 0 Å². The number of fused-ring (bicyclic) bond motifs is 1. The predicted molar refractivity (Wildman–Crippen MR) is 96.2 cm³/mol. The van der Waals surface area contributed by atoms with Gasteiger partial charge in [0.15, 0.2) is 5.65 Å². The van der Waals surface area contributed by atoms with Crippen molar-refractivity contribution in [3.05, 3.63) is 33.9 Å². The van der Waals surface area contributed by atoms with Crippen LogP contribution in [-0.4, -0.2) is 75.0 Å². The first-order chi connectivity index (χ1) is 12.3. The molecule has 1 aliphatic heterocycles. The van der Waals surface area contributed by atoms with Gasteiger partial charge in [0.25, 0.3) is 11.5 Å². The maximum absolute atomic E-state index is 12.8. The number of piperazine rings is 1. The number of carbonyl (C=O) groups excluding carboxylic acids is 2. The Morgan fingerprint density at radius 3 is 2.62 bits per heavy atom. The summed E-state index contributed by atoms with van der Waals surface area (Å²) in [5, 5.41) is 5.66. The smallest absolute Gasteiger partial charge is 0.272 e. The van der Waals surface area contributed by atoms with Crippen molar-refractivity contribution in [3.8, 4) is 0 Å². The Labute approximate surface area is 151 Å². The van der Waals surface area contributed by atoms with Gasteiger partial charge in [-0.2, -0.15) is 0 Å². The molecule has 9 heteroatoms. The molecule has 2 aromatic heterocycles. The number of H-pyrrole nitrogens is 1. The van der Waals surface area contributed by atoms with E-state index in [2.05, 4.69) is 15.4 Å². The molecular weight excluding hydrogens is 336 g/mol. The zero-order valence-corrected chi connectivity index (χ0v) is 15.3. The predicted octanol–water partition coefficient (Wildman–Crippen LogP) is -0.387. The highest BCUT2D eigenvalue weighted by Crippen LogP contribution is 2.12. The third-order valence-corrected chi connectivity index (χ3v) is 4.33. The van der Waals surface area contributed by atoms with Crippen LogP contribution in [0.1, 0.15) is 29.9 Å². The van der Waals surface area contributed by atoms with Crippen LogP contribution in [0.5, 0.6) is 0 Å². The number of hydrogen-bond acceptors (Lipinski definition) is 5. The standard InChI is InChI=1S/C17H24N6O3/c1-11(2)19-14(24)10-21-4-6-22(7-5-21)17(26)13-9-18-23-15(25)8-12(3)20-16(13)23/h8-9,11,18H,4-7,10H2,1-3H3,(H,19,24). The molecule has 0 spiro atoms. The number of aromatic nitrogens is 3. The first kappa shape index (κ1) is 18.1. The number of carbonyl (C=O) groups is 2. The molecule has 2 aromatic rings. The Hall–Kier alpha value is -2.68. The largest absolute Gasteiger partial charge is 0.353 e. The van der Waals surface area contributed by atoms with Crippen LogP contribution < -0.4 is 10.9 Å². The van der Waals surface area contributed by atoms with E-state index in [0.29, 0.717) is 49.6 Å². The van der Waals surface area contributed by atoms with E-state index in [-0.39, 0.29) is 23.4 Å². The van der Waals surface area contributed by atoms with Crippen LogP contribution in [0.15, 0.2) is 17.1 Å². The van der Waals surface area contributed by atoms with Gasteiger partial charge in [-0.1, -0.05) is 0 Å². The third-order valence-electron chi connectivity index (χ3n) is 4.33. The van der Waals surface area contributed by atoms with Crippen molar-refractivity contribution >= 4 is 17.5 Å². The molecule has 3 rings (SSSR count). The number of nitrogens with zero attached hydrogens (tertiary/aromatic N) is 4. The number of hydrogen-bond donors (Lipinski definition) is 2. The molecule has 3 heterocycles. The topological polar surface area (TPSA) is 103 Å². The fourth-order valence-corrected chi connectivity index (χ4v) is 3.10. The van der Waals surface area contributed by atoms with Crippen molar-refractivity contribution in [2.75, 3.05) is 32.7 Å². The Morgan fingerprint density at radius 2 is 1.96 bits per heavy atom. The second-order valence-corrected chi connectivity index (χ2v) is 6.87. The second-order valence-electron chi connectivity index (χ2n) is 6.87. The highest BCUT2D eigenvalue weighted by Gasteiger charge is 2.26. The zero-order valence-electron chi connectivity index (χ0n) is 15.3. The monoisotopic (exact) mass is 360 g/mol. The molecular formula is C17H24N6O3. The number of rotatable bonds is 4. The highest BCUT2D eigenvalue weighted by molar-refractivity contribution is 5.99. The van der Waals surface area contributed by atoms with Crippen LogP contribution in [0.4, 0.5) is 0 Å². The molecule has 0 saturated carbocycles. The van der Waals surface area contributed by atoms with E-state index in [1.54, 1.807) is 11.8 Å². The average Bonchev–Trinajstić information content (AvgIpc) is 2.98. The van der Waals surface area contributed by atoms with Crippen molar-refractivity contribution in [3.63, 3.8) is 0 Å². The van der Waals surface area contributed by atoms with E-state index in [1.165, 1.54) is 16.8 Å². The van der Waals surface area contributed by atoms with Crippen molar-refractivity contribution in [2.24, 2.45) is 0 Å². The lowest BCUT2D eigenvalue weighted by Crippen LogP contribution is -2.51. The van der Waals surface area contributed by atoms with E-state index in [1.807, 2.05) is 18.7 Å². The van der Waals surface area contributed by atoms with Gasteiger partial charge in [0.05, 0.1) is 6.54 Å². The zero-order chi connectivity index (χ0) is 18.8. The van der Waals surface area contributed by atoms with Crippen LogP contribution in [0.25, 0.3) is 5.65 Å². The maximum Gasteiger partial charge on any atom is 0.272 e. The highest BCUT2D eigenvalue weighted by atomic mass is 16.2. The van der Waals surface area contributed by atoms with Crippen molar-refractivity contribution in [1.82, 2.24) is 29.7 Å². The summed E-state index contributed by atoms with van der Waals surface area (Å²) >= 11 is 0. The van der Waals surface area contributed by atoms with Crippen molar-refractivity contribution in [1.29, 1.82) is 0 Å². The van der Waals surface area contributed by atoms with Crippen LogP contribution in [0, 0.1) is 6.92 Å². The quantitative estimate of drug-likeness (QED) is 0.773. The first-order valence-corrected chi connectivity index (χ1v) is 8.74. The van der Waals surface area contributed by atoms with E-state index in [4.69, 9.17) is 0 Å². The van der Waals surface area contributed by atoms with Gasteiger partial charge in [0.2, 0.25) is 5.91 Å². The van der Waals surface area contributed by atoms with Crippen LogP contribution in [0.3, 0.4) is 0 Å². The number of aromatic amines is 1. The van der Waals surface area contributed by atoms with Gasteiger partial charge < -0.3 is 10.2 Å². The Bertz CT molecular complexity index is 876. The Morgan fingerprint density at radius 1 is 1.27 bits per heavy atom. The van der Waals surface area contributed by atoms with Gasteiger partial charge in [0.1, 0.15) is 5.56 Å². The SMILES string of the molecule is Cc1cc(=O)n2[nH]cc(C(=O)N3CCN(CC(=O)NC(C)C)CC3)c2n1. The summed E-state index contributed by atoms with van der Waals surface area (Å²) in [5.41, 5.74) is 1.06. The molecule has 0 unspecified atom stereocenters. The normalized spacial score (nSPS) is 15.6. The molecule has 0 radical (unpaired) electrons. The molecule has 140 valence electrons. The van der Waals surface area contributed by atoms with Gasteiger partial charge in [0, 0.05) is 50.2 Å². The minimum absolute atomic E-state index is 0.00421. The van der Waals surface area contributed by atoms with Gasteiger partial charge >= 0.3 is 0 Å². The summed E-state index contributed by atoms with van der Waals surface area (Å²) in [6.07, 6.45) is 1.52. The minimum atomic E-state index is -0.243. The summed E-state index contributed by atoms with van der Waals surface area (Å²) in [5.74, 6) is -0.164. The first-order valence-electron chi connectivity index (χ1n) is 8.74. The molecule has 1 saturated heterocycles. The van der Waals surface area contributed by atoms with Crippen molar-refractivity contribution < 1.29 is 9.59 Å². The molecule has 0 aromatic carbocycles. The molecule has 0 atom stereocenters. The maximum atomic E-state index is 12.8. The van der Waals surface area contributed by atoms with Crippen LogP contribution >= 0.6 is 0 Å². The Balaban J connectivity index is 1.66. The Kier molecular flexibility index (Phi) is 5.08. The van der Waals surface area contributed by atoms with E-state index in [9.17, 15) is 14.4 Å². The number of amides is 2. The minimum Gasteiger partial charge on any atom is -0.353 e. The molecule has 1 aliphatic rings. The summed E-state index contributed by atoms with van der Waals surface area (Å²) in [6, 6.07) is 1.53. The van der Waals surface area contributed by atoms with Gasteiger partial charge in [-0.05, 0) is 20.8 Å². The molecule has 2 N–H and O–H groups in total. The summed E-state index contributed by atoms with van der Waals surface area (Å²) < 4.78 is 1.27. The van der Waals surface area contributed by atoms with Crippen molar-refractivity contribution in [2.45, 2.75) is 26.8 Å². The van der Waals surface area contributed by atoms with Crippen LogP contribution in [0.2, 0.25) is 0 Å². The summed E-state index contributed by atoms with van der Waals surface area (Å²) in [7, 11) is 0. The van der Waals surface area contributed by atoms with E-state index >= 15 is 0 Å². The molecule has 2 amide bonds. The van der Waals surface area contributed by atoms with Gasteiger partial charge in [-0.15, -0.1) is 0 Å². The lowest BCUT2D eigenvalue weighted by Gasteiger charge is -2.34. The molecule has 26 heavy (non-hydrogen) atoms. The summed E-state index contributed by atoms with van der Waals surface area (Å²) in [4.78, 5) is 44.7. The number of nitrogens with one attached hydrogen (secondary N) is 2. The van der Waals surface area contributed by atoms with Crippen LogP contribution in [-0.2, 0) is 4.79 Å². The molecule has 0 bridgehead atoms. The fraction of sp³-hybridized carbons (Fsp3) is 0.529. The molecule has 9 nitrogen and oxygen atoms in total. The van der Waals surface area contributed by atoms with E-state index < -0.39 is 0 Å².